The van der Waals surface area contributed by atoms with E-state index in [0.717, 1.165) is 16.2 Å². The lowest BCUT2D eigenvalue weighted by atomic mass is 10.0. The summed E-state index contributed by atoms with van der Waals surface area (Å²) in [7, 11) is 1.60. The number of methoxy groups -OCH3 is 1. The molecule has 0 aliphatic rings. The molecule has 4 N–H and O–H groups in total. The van der Waals surface area contributed by atoms with E-state index >= 15 is 0 Å². The SMILES string of the molecule is COc1ccc(CNC(=O)CSc2[nH+]c(N)c(C#N)c(-c3cccs3)c2C#N)cc1. The fourth-order valence-corrected chi connectivity index (χ4v) is 4.39. The number of aromatic nitrogens is 1. The van der Waals surface area contributed by atoms with Gasteiger partial charge in [0.1, 0.15) is 23.5 Å². The number of pyridine rings is 1. The van der Waals surface area contributed by atoms with E-state index in [0.29, 0.717) is 22.7 Å². The van der Waals surface area contributed by atoms with Crippen molar-refractivity contribution in [3.8, 4) is 28.3 Å². The summed E-state index contributed by atoms with van der Waals surface area (Å²) in [5.41, 5.74) is 7.98. The Balaban J connectivity index is 1.74. The maximum atomic E-state index is 12.3. The second-order valence-corrected chi connectivity index (χ2v) is 8.04. The highest BCUT2D eigenvalue weighted by molar-refractivity contribution is 7.99. The predicted molar refractivity (Wildman–Crippen MR) is 116 cm³/mol. The van der Waals surface area contributed by atoms with E-state index in [2.05, 4.69) is 22.4 Å². The van der Waals surface area contributed by atoms with Crippen molar-refractivity contribution in [2.75, 3.05) is 18.6 Å². The normalized spacial score (nSPS) is 10.1. The number of amides is 1. The molecule has 0 saturated carbocycles. The number of hydrogen-bond acceptors (Lipinski definition) is 7. The molecule has 0 atom stereocenters. The van der Waals surface area contributed by atoms with E-state index in [9.17, 15) is 15.3 Å². The van der Waals surface area contributed by atoms with Crippen LogP contribution in [0.15, 0.2) is 46.8 Å². The van der Waals surface area contributed by atoms with Crippen LogP contribution in [0.1, 0.15) is 16.7 Å². The molecule has 7 nitrogen and oxygen atoms in total. The van der Waals surface area contributed by atoms with Gasteiger partial charge >= 0.3 is 0 Å². The first kappa shape index (κ1) is 21.2. The third-order valence-corrected chi connectivity index (χ3v) is 6.12. The average Bonchev–Trinajstić information content (AvgIpc) is 3.30. The number of thiophene rings is 1. The molecule has 0 aliphatic heterocycles. The van der Waals surface area contributed by atoms with Crippen LogP contribution in [0.4, 0.5) is 5.82 Å². The zero-order valence-electron chi connectivity index (χ0n) is 16.1. The fourth-order valence-electron chi connectivity index (χ4n) is 2.75. The minimum atomic E-state index is -0.186. The Morgan fingerprint density at radius 3 is 2.57 bits per heavy atom. The van der Waals surface area contributed by atoms with Crippen molar-refractivity contribution in [1.29, 1.82) is 10.5 Å². The molecule has 0 bridgehead atoms. The van der Waals surface area contributed by atoms with E-state index in [1.54, 1.807) is 7.11 Å². The van der Waals surface area contributed by atoms with Crippen LogP contribution in [-0.4, -0.2) is 18.8 Å². The Kier molecular flexibility index (Phi) is 6.91. The second-order valence-electron chi connectivity index (χ2n) is 6.11. The molecule has 9 heteroatoms. The number of rotatable bonds is 7. The Hall–Kier alpha value is -3.53. The summed E-state index contributed by atoms with van der Waals surface area (Å²) >= 11 is 2.59. The predicted octanol–water partition coefficient (Wildman–Crippen LogP) is 2.97. The minimum absolute atomic E-state index is 0.0938. The number of hydrogen-bond donors (Lipinski definition) is 2. The molecular weight excluding hydrogens is 418 g/mol. The third kappa shape index (κ3) is 4.71. The number of nitrogens with two attached hydrogens (primary N) is 1. The molecule has 0 aliphatic carbocycles. The molecule has 30 heavy (non-hydrogen) atoms. The lowest BCUT2D eigenvalue weighted by molar-refractivity contribution is -0.410. The van der Waals surface area contributed by atoms with Crippen LogP contribution in [0.25, 0.3) is 10.4 Å². The van der Waals surface area contributed by atoms with Gasteiger partial charge in [0.15, 0.2) is 10.6 Å². The molecule has 1 aromatic carbocycles. The van der Waals surface area contributed by atoms with E-state index in [1.165, 1.54) is 23.1 Å². The van der Waals surface area contributed by atoms with Gasteiger partial charge in [0.25, 0.3) is 5.82 Å². The van der Waals surface area contributed by atoms with E-state index in [1.807, 2.05) is 41.8 Å². The Morgan fingerprint density at radius 2 is 1.97 bits per heavy atom. The van der Waals surface area contributed by atoms with Crippen LogP contribution >= 0.6 is 23.1 Å². The number of aromatic amines is 1. The van der Waals surface area contributed by atoms with Crippen LogP contribution in [0, 0.1) is 22.7 Å². The monoisotopic (exact) mass is 436 g/mol. The molecule has 3 rings (SSSR count). The summed E-state index contributed by atoms with van der Waals surface area (Å²) in [5.74, 6) is 0.825. The van der Waals surface area contributed by atoms with Crippen LogP contribution in [-0.2, 0) is 11.3 Å². The molecule has 2 heterocycles. The number of H-pyrrole nitrogens is 1. The van der Waals surface area contributed by atoms with Crippen LogP contribution in [0.3, 0.4) is 0 Å². The van der Waals surface area contributed by atoms with Gasteiger partial charge in [-0.3, -0.25) is 10.5 Å². The van der Waals surface area contributed by atoms with Crippen molar-refractivity contribution in [3.63, 3.8) is 0 Å². The number of carbonyl (C=O) groups is 1. The summed E-state index contributed by atoms with van der Waals surface area (Å²) in [5, 5.41) is 24.4. The van der Waals surface area contributed by atoms with Gasteiger partial charge in [0, 0.05) is 17.0 Å². The van der Waals surface area contributed by atoms with E-state index in [-0.39, 0.29) is 23.0 Å². The number of nitrogens with zero attached hydrogens (tertiary/aromatic N) is 2. The van der Waals surface area contributed by atoms with Gasteiger partial charge in [-0.15, -0.1) is 11.3 Å². The summed E-state index contributed by atoms with van der Waals surface area (Å²) in [6, 6.07) is 15.3. The molecule has 3 aromatic rings. The van der Waals surface area contributed by atoms with Crippen LogP contribution < -0.4 is 20.8 Å². The first-order chi connectivity index (χ1) is 14.6. The highest BCUT2D eigenvalue weighted by Gasteiger charge is 2.24. The topological polar surface area (TPSA) is 126 Å². The van der Waals surface area contributed by atoms with Crippen LogP contribution in [0.2, 0.25) is 0 Å². The van der Waals surface area contributed by atoms with Crippen molar-refractivity contribution >= 4 is 34.8 Å². The Bertz CT molecular complexity index is 1130. The number of thioether (sulfide) groups is 1. The van der Waals surface area contributed by atoms with Gasteiger partial charge in [0.2, 0.25) is 5.91 Å². The molecule has 0 radical (unpaired) electrons. The van der Waals surface area contributed by atoms with Crippen molar-refractivity contribution in [2.45, 2.75) is 11.6 Å². The van der Waals surface area contributed by atoms with Crippen molar-refractivity contribution in [3.05, 3.63) is 58.5 Å². The Labute approximate surface area is 182 Å². The van der Waals surface area contributed by atoms with Gasteiger partial charge in [-0.1, -0.05) is 30.0 Å². The number of nitriles is 2. The van der Waals surface area contributed by atoms with Gasteiger partial charge in [0.05, 0.1) is 12.9 Å². The molecular formula is C21H18N5O2S2+. The van der Waals surface area contributed by atoms with Gasteiger partial charge in [-0.25, -0.2) is 4.98 Å². The quantitative estimate of drug-likeness (QED) is 0.548. The van der Waals surface area contributed by atoms with Crippen molar-refractivity contribution in [2.24, 2.45) is 0 Å². The molecule has 0 unspecified atom stereocenters. The first-order valence-corrected chi connectivity index (χ1v) is 10.7. The van der Waals surface area contributed by atoms with Crippen molar-refractivity contribution in [1.82, 2.24) is 5.32 Å². The van der Waals surface area contributed by atoms with Gasteiger partial charge in [-0.2, -0.15) is 10.5 Å². The van der Waals surface area contributed by atoms with Crippen LogP contribution in [0.5, 0.6) is 5.75 Å². The third-order valence-electron chi connectivity index (χ3n) is 4.23. The first-order valence-electron chi connectivity index (χ1n) is 8.82. The lowest BCUT2D eigenvalue weighted by Gasteiger charge is -2.09. The number of anilines is 1. The average molecular weight is 437 g/mol. The van der Waals surface area contributed by atoms with E-state index < -0.39 is 0 Å². The minimum Gasteiger partial charge on any atom is -0.497 e. The molecule has 2 aromatic heterocycles. The number of nitrogen functional groups attached to an aromatic ring is 1. The molecule has 0 spiro atoms. The molecule has 0 saturated heterocycles. The lowest BCUT2D eigenvalue weighted by Crippen LogP contribution is -2.26. The maximum absolute atomic E-state index is 12.3. The number of ether oxygens (including phenoxy) is 1. The zero-order chi connectivity index (χ0) is 21.5. The fraction of sp³-hybridized carbons (Fsp3) is 0.143. The largest absolute Gasteiger partial charge is 0.497 e. The number of nitrogens with one attached hydrogen (secondary N) is 2. The highest BCUT2D eigenvalue weighted by atomic mass is 32.2. The zero-order valence-corrected chi connectivity index (χ0v) is 17.7. The molecule has 150 valence electrons. The second kappa shape index (κ2) is 9.79. The van der Waals surface area contributed by atoms with Gasteiger partial charge in [-0.05, 0) is 29.1 Å². The molecule has 1 amide bonds. The number of benzene rings is 1. The highest BCUT2D eigenvalue weighted by Crippen LogP contribution is 2.35. The van der Waals surface area contributed by atoms with E-state index in [4.69, 9.17) is 10.5 Å². The standard InChI is InChI=1S/C21H17N5O2S2/c1-28-14-6-4-13(5-7-14)11-25-18(27)12-30-21-16(10-23)19(17-3-2-8-29-17)15(9-22)20(24)26-21/h2-8H,11-12H2,1H3,(H2,24,26)(H,25,27)/p+1. The van der Waals surface area contributed by atoms with Gasteiger partial charge < -0.3 is 10.1 Å². The Morgan fingerprint density at radius 1 is 1.23 bits per heavy atom. The summed E-state index contributed by atoms with van der Waals surface area (Å²) in [4.78, 5) is 16.0. The smallest absolute Gasteiger partial charge is 0.289 e. The summed E-state index contributed by atoms with van der Waals surface area (Å²) in [6.45, 7) is 0.383. The van der Waals surface area contributed by atoms with Crippen molar-refractivity contribution < 1.29 is 14.5 Å². The summed E-state index contributed by atoms with van der Waals surface area (Å²) < 4.78 is 5.12. The number of carbonyl (C=O) groups excluding carboxylic acids is 1. The maximum Gasteiger partial charge on any atom is 0.289 e. The molecule has 0 fully saturated rings. The summed E-state index contributed by atoms with van der Waals surface area (Å²) in [6.07, 6.45) is 0.